The highest BCUT2D eigenvalue weighted by molar-refractivity contribution is 4.69. The van der Waals surface area contributed by atoms with Gasteiger partial charge in [-0.25, -0.2) is 0 Å². The van der Waals surface area contributed by atoms with Crippen molar-refractivity contribution in [1.29, 1.82) is 0 Å². The first-order valence-electron chi connectivity index (χ1n) is 6.89. The summed E-state index contributed by atoms with van der Waals surface area (Å²) in [6, 6.07) is 0. The van der Waals surface area contributed by atoms with Gasteiger partial charge in [0.1, 0.15) is 0 Å². The molecular formula is C14H31NO. The Kier molecular flexibility index (Phi) is 10.0. The predicted octanol–water partition coefficient (Wildman–Crippen LogP) is 3.75. The molecule has 0 heterocycles. The van der Waals surface area contributed by atoms with E-state index in [1.807, 2.05) is 0 Å². The Morgan fingerprint density at radius 2 is 1.50 bits per heavy atom. The number of nitrogens with one attached hydrogen (secondary N) is 1. The van der Waals surface area contributed by atoms with Crippen molar-refractivity contribution < 1.29 is 4.74 Å². The Hall–Kier alpha value is -0.0800. The molecule has 0 aromatic rings. The molecule has 0 amide bonds. The van der Waals surface area contributed by atoms with Crippen molar-refractivity contribution in [1.82, 2.24) is 5.32 Å². The molecular weight excluding hydrogens is 198 g/mol. The highest BCUT2D eigenvalue weighted by Crippen LogP contribution is 2.02. The van der Waals surface area contributed by atoms with E-state index >= 15 is 0 Å². The minimum Gasteiger partial charge on any atom is -0.381 e. The van der Waals surface area contributed by atoms with Crippen molar-refractivity contribution in [2.75, 3.05) is 19.8 Å². The number of ether oxygens (including phenoxy) is 1. The molecule has 0 aliphatic rings. The summed E-state index contributed by atoms with van der Waals surface area (Å²) in [5, 5.41) is 3.46. The standard InChI is InChI=1S/C14H31NO/c1-5-6-7-8-9-12-16-13-10-11-15-14(2,3)4/h15H,5-13H2,1-4H3. The summed E-state index contributed by atoms with van der Waals surface area (Å²) in [6.07, 6.45) is 7.73. The molecule has 0 aliphatic heterocycles. The fraction of sp³-hybridized carbons (Fsp3) is 1.00. The minimum atomic E-state index is 0.236. The quantitative estimate of drug-likeness (QED) is 0.576. The lowest BCUT2D eigenvalue weighted by Crippen LogP contribution is -2.36. The van der Waals surface area contributed by atoms with Crippen LogP contribution in [0.25, 0.3) is 0 Å². The largest absolute Gasteiger partial charge is 0.381 e. The molecule has 2 heteroatoms. The van der Waals surface area contributed by atoms with Gasteiger partial charge in [0.2, 0.25) is 0 Å². The van der Waals surface area contributed by atoms with Crippen LogP contribution >= 0.6 is 0 Å². The van der Waals surface area contributed by atoms with E-state index in [9.17, 15) is 0 Å². The third-order valence-electron chi connectivity index (χ3n) is 2.51. The van der Waals surface area contributed by atoms with E-state index < -0.39 is 0 Å². The van der Waals surface area contributed by atoms with Crippen LogP contribution in [0.15, 0.2) is 0 Å². The van der Waals surface area contributed by atoms with Crippen LogP contribution in [0.5, 0.6) is 0 Å². The van der Waals surface area contributed by atoms with Crippen LogP contribution in [-0.2, 0) is 4.74 Å². The molecule has 0 saturated carbocycles. The van der Waals surface area contributed by atoms with Crippen molar-refractivity contribution in [2.45, 2.75) is 71.8 Å². The third-order valence-corrected chi connectivity index (χ3v) is 2.51. The van der Waals surface area contributed by atoms with Crippen molar-refractivity contribution in [3.63, 3.8) is 0 Å². The lowest BCUT2D eigenvalue weighted by molar-refractivity contribution is 0.126. The molecule has 0 bridgehead atoms. The number of rotatable bonds is 10. The summed E-state index contributed by atoms with van der Waals surface area (Å²) in [6.45, 7) is 11.7. The van der Waals surface area contributed by atoms with Crippen LogP contribution in [0.2, 0.25) is 0 Å². The monoisotopic (exact) mass is 229 g/mol. The molecule has 0 atom stereocenters. The third kappa shape index (κ3) is 13.9. The van der Waals surface area contributed by atoms with Crippen molar-refractivity contribution >= 4 is 0 Å². The van der Waals surface area contributed by atoms with E-state index in [4.69, 9.17) is 4.74 Å². The minimum absolute atomic E-state index is 0.236. The maximum absolute atomic E-state index is 5.59. The van der Waals surface area contributed by atoms with Gasteiger partial charge in [-0.2, -0.15) is 0 Å². The van der Waals surface area contributed by atoms with Gasteiger partial charge in [-0.15, -0.1) is 0 Å². The molecule has 1 N–H and O–H groups in total. The van der Waals surface area contributed by atoms with E-state index in [1.165, 1.54) is 32.1 Å². The smallest absolute Gasteiger partial charge is 0.0478 e. The fourth-order valence-electron chi connectivity index (χ4n) is 1.55. The van der Waals surface area contributed by atoms with Crippen LogP contribution < -0.4 is 5.32 Å². The Labute approximate surface area is 102 Å². The van der Waals surface area contributed by atoms with Crippen LogP contribution in [0.4, 0.5) is 0 Å². The van der Waals surface area contributed by atoms with E-state index in [0.29, 0.717) is 0 Å². The van der Waals surface area contributed by atoms with Crippen LogP contribution in [0.3, 0.4) is 0 Å². The maximum atomic E-state index is 5.59. The van der Waals surface area contributed by atoms with Crippen molar-refractivity contribution in [2.24, 2.45) is 0 Å². The molecule has 0 radical (unpaired) electrons. The zero-order valence-electron chi connectivity index (χ0n) is 11.8. The second kappa shape index (κ2) is 10.1. The lowest BCUT2D eigenvalue weighted by Gasteiger charge is -2.20. The van der Waals surface area contributed by atoms with E-state index in [-0.39, 0.29) is 5.54 Å². The second-order valence-corrected chi connectivity index (χ2v) is 5.56. The fourth-order valence-corrected chi connectivity index (χ4v) is 1.55. The van der Waals surface area contributed by atoms with Gasteiger partial charge in [0, 0.05) is 18.8 Å². The molecule has 0 aliphatic carbocycles. The average Bonchev–Trinajstić information content (AvgIpc) is 2.19. The SMILES string of the molecule is CCCCCCCOCCCNC(C)(C)C. The van der Waals surface area contributed by atoms with Crippen LogP contribution in [-0.4, -0.2) is 25.3 Å². The maximum Gasteiger partial charge on any atom is 0.0478 e. The molecule has 16 heavy (non-hydrogen) atoms. The summed E-state index contributed by atoms with van der Waals surface area (Å²) < 4.78 is 5.59. The summed E-state index contributed by atoms with van der Waals surface area (Å²) in [7, 11) is 0. The summed E-state index contributed by atoms with van der Waals surface area (Å²) in [5.74, 6) is 0. The summed E-state index contributed by atoms with van der Waals surface area (Å²) >= 11 is 0. The Morgan fingerprint density at radius 1 is 0.875 bits per heavy atom. The van der Waals surface area contributed by atoms with Gasteiger partial charge < -0.3 is 10.1 Å². The highest BCUT2D eigenvalue weighted by atomic mass is 16.5. The van der Waals surface area contributed by atoms with Crippen LogP contribution in [0, 0.1) is 0 Å². The molecule has 0 aromatic heterocycles. The zero-order chi connectivity index (χ0) is 12.3. The molecule has 0 aromatic carbocycles. The topological polar surface area (TPSA) is 21.3 Å². The molecule has 0 unspecified atom stereocenters. The number of hydrogen-bond acceptors (Lipinski definition) is 2. The van der Waals surface area contributed by atoms with E-state index in [2.05, 4.69) is 33.0 Å². The van der Waals surface area contributed by atoms with Gasteiger partial charge in [0.15, 0.2) is 0 Å². The van der Waals surface area contributed by atoms with E-state index in [1.54, 1.807) is 0 Å². The average molecular weight is 229 g/mol. The number of unbranched alkanes of at least 4 members (excludes halogenated alkanes) is 4. The van der Waals surface area contributed by atoms with Crippen molar-refractivity contribution in [3.8, 4) is 0 Å². The lowest BCUT2D eigenvalue weighted by atomic mass is 10.1. The van der Waals surface area contributed by atoms with Crippen molar-refractivity contribution in [3.05, 3.63) is 0 Å². The Morgan fingerprint density at radius 3 is 2.12 bits per heavy atom. The second-order valence-electron chi connectivity index (χ2n) is 5.56. The Bertz CT molecular complexity index is 140. The highest BCUT2D eigenvalue weighted by Gasteiger charge is 2.06. The van der Waals surface area contributed by atoms with E-state index in [0.717, 1.165) is 26.2 Å². The first-order chi connectivity index (χ1) is 7.56. The first kappa shape index (κ1) is 15.9. The normalized spacial score (nSPS) is 12.0. The Balaban J connectivity index is 2.99. The summed E-state index contributed by atoms with van der Waals surface area (Å²) in [5.41, 5.74) is 0.236. The first-order valence-corrected chi connectivity index (χ1v) is 6.89. The van der Waals surface area contributed by atoms with Gasteiger partial charge in [0.25, 0.3) is 0 Å². The zero-order valence-corrected chi connectivity index (χ0v) is 11.8. The molecule has 0 fully saturated rings. The van der Waals surface area contributed by atoms with Gasteiger partial charge >= 0.3 is 0 Å². The number of hydrogen-bond donors (Lipinski definition) is 1. The summed E-state index contributed by atoms with van der Waals surface area (Å²) in [4.78, 5) is 0. The molecule has 0 rings (SSSR count). The van der Waals surface area contributed by atoms with Gasteiger partial charge in [-0.05, 0) is 40.2 Å². The molecule has 98 valence electrons. The van der Waals surface area contributed by atoms with Gasteiger partial charge in [-0.3, -0.25) is 0 Å². The molecule has 0 spiro atoms. The van der Waals surface area contributed by atoms with Gasteiger partial charge in [0.05, 0.1) is 0 Å². The van der Waals surface area contributed by atoms with Gasteiger partial charge in [-0.1, -0.05) is 32.6 Å². The predicted molar refractivity (Wildman–Crippen MR) is 72.0 cm³/mol. The van der Waals surface area contributed by atoms with Crippen LogP contribution in [0.1, 0.15) is 66.2 Å². The molecule has 2 nitrogen and oxygen atoms in total. The molecule has 0 saturated heterocycles.